The molecule has 1 amide bonds. The van der Waals surface area contributed by atoms with Gasteiger partial charge >= 0.3 is 5.97 Å². The van der Waals surface area contributed by atoms with Crippen molar-refractivity contribution >= 4 is 29.2 Å². The zero-order chi connectivity index (χ0) is 30.9. The van der Waals surface area contributed by atoms with Gasteiger partial charge in [0.15, 0.2) is 11.4 Å². The van der Waals surface area contributed by atoms with Gasteiger partial charge in [0.05, 0.1) is 29.8 Å². The summed E-state index contributed by atoms with van der Waals surface area (Å²) in [6, 6.07) is 2.95. The summed E-state index contributed by atoms with van der Waals surface area (Å²) in [5, 5.41) is 68.5. The van der Waals surface area contributed by atoms with Gasteiger partial charge < -0.3 is 36.0 Å². The van der Waals surface area contributed by atoms with Crippen molar-refractivity contribution in [3.63, 3.8) is 0 Å². The van der Waals surface area contributed by atoms with Gasteiger partial charge in [-0.3, -0.25) is 29.0 Å². The van der Waals surface area contributed by atoms with Crippen molar-refractivity contribution in [3.05, 3.63) is 46.2 Å². The molecule has 0 aromatic heterocycles. The van der Waals surface area contributed by atoms with E-state index in [4.69, 9.17) is 0 Å². The Morgan fingerprint density at radius 3 is 2.48 bits per heavy atom. The highest BCUT2D eigenvalue weighted by Gasteiger charge is 2.66. The van der Waals surface area contributed by atoms with Gasteiger partial charge in [-0.15, -0.1) is 0 Å². The van der Waals surface area contributed by atoms with Crippen molar-refractivity contribution in [1.29, 1.82) is 0 Å². The Balaban J connectivity index is 1.57. The Labute approximate surface area is 241 Å². The Morgan fingerprint density at radius 1 is 1.14 bits per heavy atom. The molecule has 7 N–H and O–H groups in total. The number of benzene rings is 1. The van der Waals surface area contributed by atoms with Gasteiger partial charge in [-0.1, -0.05) is 12.1 Å². The fourth-order valence-electron chi connectivity index (χ4n) is 7.16. The van der Waals surface area contributed by atoms with E-state index in [0.717, 1.165) is 0 Å². The number of Topliss-reactive ketones (excluding diaryl/α,β-unsaturated/α-hetero) is 2. The van der Waals surface area contributed by atoms with Crippen molar-refractivity contribution < 1.29 is 49.8 Å². The van der Waals surface area contributed by atoms with Crippen LogP contribution in [0.25, 0.3) is 5.76 Å². The number of piperidine rings is 1. The van der Waals surface area contributed by atoms with Crippen LogP contribution in [0.5, 0.6) is 5.75 Å². The van der Waals surface area contributed by atoms with Crippen LogP contribution in [0, 0.1) is 17.8 Å². The van der Waals surface area contributed by atoms with E-state index in [0.29, 0.717) is 19.4 Å². The van der Waals surface area contributed by atoms with Gasteiger partial charge in [-0.25, -0.2) is 0 Å². The summed E-state index contributed by atoms with van der Waals surface area (Å²) in [5.41, 5.74) is -5.92. The minimum atomic E-state index is -2.81. The van der Waals surface area contributed by atoms with Gasteiger partial charge in [0, 0.05) is 24.0 Å². The summed E-state index contributed by atoms with van der Waals surface area (Å²) in [7, 11) is 3.03. The number of hydrogen-bond donors (Lipinski definition) is 7. The lowest BCUT2D eigenvalue weighted by molar-refractivity contribution is -0.159. The van der Waals surface area contributed by atoms with Crippen LogP contribution in [-0.2, 0) is 24.8 Å². The molecule has 6 atom stereocenters. The Kier molecular flexibility index (Phi) is 7.21. The number of aliphatic hydroxyl groups is 4. The Bertz CT molecular complexity index is 1450. The summed E-state index contributed by atoms with van der Waals surface area (Å²) in [4.78, 5) is 55.7. The first-order chi connectivity index (χ1) is 19.6. The molecule has 2 fully saturated rings. The molecule has 0 radical (unpaired) electrons. The summed E-state index contributed by atoms with van der Waals surface area (Å²) in [6.07, 6.45) is 0.840. The molecule has 4 aliphatic rings. The molecule has 42 heavy (non-hydrogen) atoms. The molecule has 1 aliphatic heterocycles. The highest BCUT2D eigenvalue weighted by Crippen LogP contribution is 2.57. The first-order valence-corrected chi connectivity index (χ1v) is 13.8. The highest BCUT2D eigenvalue weighted by molar-refractivity contribution is 6.25. The number of aromatic hydroxyl groups is 1. The van der Waals surface area contributed by atoms with Crippen LogP contribution in [0.15, 0.2) is 35.1 Å². The SMILES string of the molecule is CN(C)C1C(=O)C(C(=O)NCN2CCCC(C(=O)O)C2)=C(O)C2(O)C(=O)C3=C(O)c4c(O)cccc4C(C)(O)C3CC12. The summed E-state index contributed by atoms with van der Waals surface area (Å²) in [6.45, 7) is 1.93. The number of hydrogen-bond acceptors (Lipinski definition) is 11. The number of amides is 1. The maximum Gasteiger partial charge on any atom is 0.307 e. The van der Waals surface area contributed by atoms with Gasteiger partial charge in [-0.05, 0) is 58.5 Å². The van der Waals surface area contributed by atoms with Crippen LogP contribution < -0.4 is 5.32 Å². The van der Waals surface area contributed by atoms with E-state index in [2.05, 4.69) is 5.32 Å². The van der Waals surface area contributed by atoms with Crippen LogP contribution in [0.3, 0.4) is 0 Å². The lowest BCUT2D eigenvalue weighted by Crippen LogP contribution is -2.67. The number of rotatable bonds is 5. The van der Waals surface area contributed by atoms with E-state index in [9.17, 15) is 49.8 Å². The zero-order valence-electron chi connectivity index (χ0n) is 23.5. The summed E-state index contributed by atoms with van der Waals surface area (Å²) >= 11 is 0. The maximum absolute atomic E-state index is 14.1. The second-order valence-electron chi connectivity index (χ2n) is 12.0. The van der Waals surface area contributed by atoms with E-state index in [1.165, 1.54) is 44.1 Å². The van der Waals surface area contributed by atoms with Crippen LogP contribution in [0.2, 0.25) is 0 Å². The lowest BCUT2D eigenvalue weighted by atomic mass is 9.54. The molecule has 3 aliphatic carbocycles. The molecule has 1 saturated carbocycles. The maximum atomic E-state index is 14.1. The normalized spacial score (nSPS) is 33.3. The minimum Gasteiger partial charge on any atom is -0.508 e. The molecule has 1 aromatic rings. The molecular weight excluding hydrogens is 550 g/mol. The molecule has 6 unspecified atom stereocenters. The smallest absolute Gasteiger partial charge is 0.307 e. The number of phenols is 1. The number of likely N-dealkylation sites (tertiary alicyclic amines) is 1. The number of nitrogens with zero attached hydrogens (tertiary/aromatic N) is 2. The Morgan fingerprint density at radius 2 is 1.83 bits per heavy atom. The summed E-state index contributed by atoms with van der Waals surface area (Å²) in [5.74, 6) is -9.36. The topological polar surface area (TPSA) is 208 Å². The van der Waals surface area contributed by atoms with Crippen LogP contribution in [0.4, 0.5) is 0 Å². The predicted octanol–water partition coefficient (Wildman–Crippen LogP) is 0.0140. The Hall–Kier alpha value is -3.78. The lowest BCUT2D eigenvalue weighted by Gasteiger charge is -2.53. The second-order valence-corrected chi connectivity index (χ2v) is 12.0. The predicted molar refractivity (Wildman–Crippen MR) is 146 cm³/mol. The fraction of sp³-hybridized carbons (Fsp3) is 0.517. The minimum absolute atomic E-state index is 0.137. The molecule has 13 nitrogen and oxygen atoms in total. The average molecular weight is 586 g/mol. The van der Waals surface area contributed by atoms with Crippen molar-refractivity contribution in [2.24, 2.45) is 17.8 Å². The van der Waals surface area contributed by atoms with Gasteiger partial charge in [-0.2, -0.15) is 0 Å². The quantitative estimate of drug-likeness (QED) is 0.228. The molecule has 5 rings (SSSR count). The largest absolute Gasteiger partial charge is 0.508 e. The molecule has 0 bridgehead atoms. The van der Waals surface area contributed by atoms with E-state index in [-0.39, 0.29) is 30.8 Å². The third-order valence-corrected chi connectivity index (χ3v) is 9.32. The number of aliphatic carboxylic acids is 1. The van der Waals surface area contributed by atoms with Crippen molar-refractivity contribution in [2.45, 2.75) is 43.4 Å². The number of fused-ring (bicyclic) bond motifs is 3. The number of carbonyl (C=O) groups is 4. The standard InChI is InChI=1S/C29H35N3O10/c1-28(41)14-7-4-8-17(33)18(14)22(34)19-15(28)10-16-21(31(2)3)23(35)20(25(37)29(16,42)24(19)36)26(38)30-12-32-9-5-6-13(11-32)27(39)40/h4,7-8,13,15-16,21,33-34,37,41-42H,5-6,9-12H2,1-3H3,(H,30,38)(H,39,40). The van der Waals surface area contributed by atoms with E-state index in [1.807, 2.05) is 0 Å². The van der Waals surface area contributed by atoms with Gasteiger partial charge in [0.1, 0.15) is 22.8 Å². The first kappa shape index (κ1) is 29.7. The number of aliphatic hydroxyl groups excluding tert-OH is 2. The number of carboxylic acids is 1. The van der Waals surface area contributed by atoms with Gasteiger partial charge in [0.2, 0.25) is 5.78 Å². The number of carboxylic acid groups (broad SMARTS) is 1. The third kappa shape index (κ3) is 4.22. The molecule has 226 valence electrons. The number of likely N-dealkylation sites (N-methyl/N-ethyl adjacent to an activating group) is 1. The van der Waals surface area contributed by atoms with E-state index < -0.39 is 86.9 Å². The molecule has 1 heterocycles. The fourth-order valence-corrected chi connectivity index (χ4v) is 7.16. The number of carbonyl (C=O) groups excluding carboxylic acids is 3. The van der Waals surface area contributed by atoms with Crippen LogP contribution >= 0.6 is 0 Å². The van der Waals surface area contributed by atoms with Crippen molar-refractivity contribution in [1.82, 2.24) is 15.1 Å². The molecule has 1 aromatic carbocycles. The first-order valence-electron chi connectivity index (χ1n) is 13.8. The van der Waals surface area contributed by atoms with E-state index in [1.54, 1.807) is 4.90 Å². The second kappa shape index (κ2) is 10.2. The molecular formula is C29H35N3O10. The third-order valence-electron chi connectivity index (χ3n) is 9.32. The highest BCUT2D eigenvalue weighted by atomic mass is 16.4. The van der Waals surface area contributed by atoms with Gasteiger partial charge in [0.25, 0.3) is 5.91 Å². The number of nitrogens with one attached hydrogen (secondary N) is 1. The van der Waals surface area contributed by atoms with E-state index >= 15 is 0 Å². The van der Waals surface area contributed by atoms with Crippen LogP contribution in [0.1, 0.15) is 37.3 Å². The number of ketones is 2. The monoisotopic (exact) mass is 585 g/mol. The van der Waals surface area contributed by atoms with Crippen molar-refractivity contribution in [3.8, 4) is 5.75 Å². The molecule has 0 spiro atoms. The summed E-state index contributed by atoms with van der Waals surface area (Å²) < 4.78 is 0. The average Bonchev–Trinajstić information content (AvgIpc) is 2.92. The molecule has 1 saturated heterocycles. The zero-order valence-corrected chi connectivity index (χ0v) is 23.5. The molecule has 13 heteroatoms. The van der Waals surface area contributed by atoms with Crippen molar-refractivity contribution in [2.75, 3.05) is 33.9 Å². The van der Waals surface area contributed by atoms with Crippen LogP contribution in [-0.4, -0.2) is 109 Å². The number of phenolic OH excluding ortho intramolecular Hbond substituents is 1.